The third kappa shape index (κ3) is 4.21. The summed E-state index contributed by atoms with van der Waals surface area (Å²) in [6.07, 6.45) is 0.582. The summed E-state index contributed by atoms with van der Waals surface area (Å²) in [5.41, 5.74) is 4.17. The molecule has 7 heteroatoms. The zero-order chi connectivity index (χ0) is 20.3. The molecular weight excluding hydrogens is 372 g/mol. The van der Waals surface area contributed by atoms with Gasteiger partial charge in [0.05, 0.1) is 10.6 Å². The van der Waals surface area contributed by atoms with Gasteiger partial charge in [-0.05, 0) is 61.7 Å². The summed E-state index contributed by atoms with van der Waals surface area (Å²) in [6.45, 7) is 6.75. The van der Waals surface area contributed by atoms with Gasteiger partial charge in [-0.15, -0.1) is 10.2 Å². The Morgan fingerprint density at radius 2 is 1.79 bits per heavy atom. The van der Waals surface area contributed by atoms with Crippen molar-refractivity contribution >= 4 is 21.5 Å². The van der Waals surface area contributed by atoms with E-state index in [2.05, 4.69) is 41.1 Å². The second-order valence-electron chi connectivity index (χ2n) is 6.58. The number of benzene rings is 2. The first-order valence-electron chi connectivity index (χ1n) is 9.17. The van der Waals surface area contributed by atoms with Crippen LogP contribution < -0.4 is 10.0 Å². The summed E-state index contributed by atoms with van der Waals surface area (Å²) in [4.78, 5) is 2.20. The average molecular weight is 397 g/mol. The van der Waals surface area contributed by atoms with E-state index in [1.165, 1.54) is 5.56 Å². The van der Waals surface area contributed by atoms with Gasteiger partial charge in [0.15, 0.2) is 5.82 Å². The van der Waals surface area contributed by atoms with Gasteiger partial charge in [0.25, 0.3) is 0 Å². The number of nitrogens with two attached hydrogens (primary N) is 1. The number of rotatable bonds is 6. The van der Waals surface area contributed by atoms with Crippen molar-refractivity contribution in [2.45, 2.75) is 32.1 Å². The molecule has 0 amide bonds. The summed E-state index contributed by atoms with van der Waals surface area (Å²) in [6, 6.07) is 17.1. The van der Waals surface area contributed by atoms with Crippen molar-refractivity contribution in [1.82, 2.24) is 10.2 Å². The Morgan fingerprint density at radius 3 is 2.36 bits per heavy atom. The first-order chi connectivity index (χ1) is 13.3. The zero-order valence-corrected chi connectivity index (χ0v) is 17.1. The highest BCUT2D eigenvalue weighted by atomic mass is 32.2. The van der Waals surface area contributed by atoms with E-state index in [1.807, 2.05) is 37.3 Å². The molecule has 0 radical (unpaired) electrons. The molecule has 0 bridgehead atoms. The largest absolute Gasteiger partial charge is 0.325 e. The summed E-state index contributed by atoms with van der Waals surface area (Å²) in [5.74, 6) is 0.730. The quantitative estimate of drug-likeness (QED) is 0.684. The molecular formula is C21H24N4O2S. The van der Waals surface area contributed by atoms with Gasteiger partial charge in [-0.1, -0.05) is 31.2 Å². The van der Waals surface area contributed by atoms with Crippen LogP contribution >= 0.6 is 0 Å². The van der Waals surface area contributed by atoms with Crippen molar-refractivity contribution in [2.75, 3.05) is 11.4 Å². The zero-order valence-electron chi connectivity index (χ0n) is 16.3. The molecule has 0 fully saturated rings. The van der Waals surface area contributed by atoms with Crippen molar-refractivity contribution < 1.29 is 8.42 Å². The third-order valence-electron chi connectivity index (χ3n) is 4.61. The first kappa shape index (κ1) is 20.0. The fourth-order valence-electron chi connectivity index (χ4n) is 3.17. The predicted molar refractivity (Wildman–Crippen MR) is 112 cm³/mol. The third-order valence-corrected chi connectivity index (χ3v) is 5.60. The molecule has 2 aromatic carbocycles. The lowest BCUT2D eigenvalue weighted by Crippen LogP contribution is -2.18. The fourth-order valence-corrected chi connectivity index (χ4v) is 4.04. The van der Waals surface area contributed by atoms with E-state index in [4.69, 9.17) is 5.14 Å². The molecule has 1 aromatic heterocycles. The molecule has 0 unspecified atom stereocenters. The molecule has 1 heterocycles. The topological polar surface area (TPSA) is 89.2 Å². The minimum Gasteiger partial charge on any atom is -0.325 e. The Bertz CT molecular complexity index is 1080. The minimum atomic E-state index is -3.80. The molecule has 0 spiro atoms. The number of aryl methyl sites for hydroxylation is 2. The van der Waals surface area contributed by atoms with Gasteiger partial charge in [-0.25, -0.2) is 13.6 Å². The highest BCUT2D eigenvalue weighted by Crippen LogP contribution is 2.27. The van der Waals surface area contributed by atoms with Gasteiger partial charge in [0.1, 0.15) is 0 Å². The van der Waals surface area contributed by atoms with Crippen LogP contribution in [0.2, 0.25) is 0 Å². The maximum atomic E-state index is 11.9. The van der Waals surface area contributed by atoms with Crippen LogP contribution in [0, 0.1) is 6.92 Å². The minimum absolute atomic E-state index is 0.133. The first-order valence-corrected chi connectivity index (χ1v) is 10.7. The SMILES string of the molecule is CCc1ccc(-c2ccc(N(CC)c3cccc(C)c3)nn2)cc1S(N)(=O)=O. The van der Waals surface area contributed by atoms with Crippen LogP contribution in [0.4, 0.5) is 11.5 Å². The lowest BCUT2D eigenvalue weighted by molar-refractivity contribution is 0.596. The van der Waals surface area contributed by atoms with E-state index in [-0.39, 0.29) is 4.90 Å². The van der Waals surface area contributed by atoms with Crippen molar-refractivity contribution in [1.29, 1.82) is 0 Å². The van der Waals surface area contributed by atoms with Crippen LogP contribution in [0.5, 0.6) is 0 Å². The van der Waals surface area contributed by atoms with Crippen molar-refractivity contribution in [2.24, 2.45) is 5.14 Å². The van der Waals surface area contributed by atoms with Crippen LogP contribution in [0.25, 0.3) is 11.3 Å². The number of primary sulfonamides is 1. The smallest absolute Gasteiger partial charge is 0.238 e. The van der Waals surface area contributed by atoms with E-state index in [1.54, 1.807) is 12.1 Å². The Hall–Kier alpha value is -2.77. The molecule has 3 aromatic rings. The second-order valence-corrected chi connectivity index (χ2v) is 8.11. The van der Waals surface area contributed by atoms with E-state index in [0.29, 0.717) is 23.2 Å². The molecule has 3 rings (SSSR count). The normalized spacial score (nSPS) is 11.4. The van der Waals surface area contributed by atoms with Crippen LogP contribution in [-0.4, -0.2) is 25.2 Å². The van der Waals surface area contributed by atoms with Crippen molar-refractivity contribution in [3.05, 3.63) is 65.7 Å². The number of hydrogen-bond donors (Lipinski definition) is 1. The molecule has 0 aliphatic rings. The highest BCUT2D eigenvalue weighted by molar-refractivity contribution is 7.89. The Kier molecular flexibility index (Phi) is 5.76. The number of anilines is 2. The molecule has 0 aliphatic carbocycles. The number of hydrogen-bond acceptors (Lipinski definition) is 5. The van der Waals surface area contributed by atoms with Crippen molar-refractivity contribution in [3.8, 4) is 11.3 Å². The molecule has 0 saturated carbocycles. The summed E-state index contributed by atoms with van der Waals surface area (Å²) in [7, 11) is -3.80. The predicted octanol–water partition coefficient (Wildman–Crippen LogP) is 3.82. The van der Waals surface area contributed by atoms with E-state index >= 15 is 0 Å². The molecule has 0 atom stereocenters. The lowest BCUT2D eigenvalue weighted by Gasteiger charge is -2.22. The summed E-state index contributed by atoms with van der Waals surface area (Å²) < 4.78 is 23.8. The molecule has 28 heavy (non-hydrogen) atoms. The maximum absolute atomic E-state index is 11.9. The average Bonchev–Trinajstić information content (AvgIpc) is 2.68. The van der Waals surface area contributed by atoms with Gasteiger partial charge in [0, 0.05) is 17.8 Å². The Balaban J connectivity index is 1.96. The monoisotopic (exact) mass is 396 g/mol. The highest BCUT2D eigenvalue weighted by Gasteiger charge is 2.16. The standard InChI is InChI=1S/C21H24N4O2S/c1-4-16-9-10-17(14-20(16)28(22,26)27)19-11-12-21(24-23-19)25(5-2)18-8-6-7-15(3)13-18/h6-14H,4-5H2,1-3H3,(H2,22,26,27). The molecule has 2 N–H and O–H groups in total. The van der Waals surface area contributed by atoms with Crippen molar-refractivity contribution in [3.63, 3.8) is 0 Å². The fraction of sp³-hybridized carbons (Fsp3) is 0.238. The number of nitrogens with zero attached hydrogens (tertiary/aromatic N) is 3. The maximum Gasteiger partial charge on any atom is 0.238 e. The Labute approximate surface area is 166 Å². The van der Waals surface area contributed by atoms with Crippen LogP contribution in [0.1, 0.15) is 25.0 Å². The van der Waals surface area contributed by atoms with E-state index in [9.17, 15) is 8.42 Å². The van der Waals surface area contributed by atoms with Gasteiger partial charge < -0.3 is 4.90 Å². The Morgan fingerprint density at radius 1 is 1.00 bits per heavy atom. The molecule has 0 aliphatic heterocycles. The van der Waals surface area contributed by atoms with E-state index < -0.39 is 10.0 Å². The van der Waals surface area contributed by atoms with Gasteiger partial charge in [0.2, 0.25) is 10.0 Å². The van der Waals surface area contributed by atoms with E-state index in [0.717, 1.165) is 18.1 Å². The second kappa shape index (κ2) is 8.08. The molecule has 146 valence electrons. The van der Waals surface area contributed by atoms with Gasteiger partial charge in [-0.2, -0.15) is 0 Å². The lowest BCUT2D eigenvalue weighted by atomic mass is 10.1. The van der Waals surface area contributed by atoms with Gasteiger partial charge >= 0.3 is 0 Å². The number of sulfonamides is 1. The van der Waals surface area contributed by atoms with Crippen LogP contribution in [0.15, 0.2) is 59.5 Å². The summed E-state index contributed by atoms with van der Waals surface area (Å²) in [5, 5.41) is 14.0. The summed E-state index contributed by atoms with van der Waals surface area (Å²) >= 11 is 0. The molecule has 0 saturated heterocycles. The molecule has 6 nitrogen and oxygen atoms in total. The van der Waals surface area contributed by atoms with Crippen LogP contribution in [-0.2, 0) is 16.4 Å². The van der Waals surface area contributed by atoms with Gasteiger partial charge in [-0.3, -0.25) is 0 Å². The number of aromatic nitrogens is 2. The van der Waals surface area contributed by atoms with Crippen LogP contribution in [0.3, 0.4) is 0 Å².